The molecule has 0 aliphatic carbocycles. The lowest BCUT2D eigenvalue weighted by atomic mass is 10.0. The summed E-state index contributed by atoms with van der Waals surface area (Å²) < 4.78 is 16.3. The molecule has 2 aliphatic rings. The fourth-order valence-corrected chi connectivity index (χ4v) is 2.24. The number of hydrogen-bond acceptors (Lipinski definition) is 4. The van der Waals surface area contributed by atoms with Gasteiger partial charge in [-0.25, -0.2) is 0 Å². The van der Waals surface area contributed by atoms with Gasteiger partial charge in [0.1, 0.15) is 11.5 Å². The third-order valence-corrected chi connectivity index (χ3v) is 3.34. The van der Waals surface area contributed by atoms with E-state index in [1.54, 1.807) is 12.1 Å². The summed E-state index contributed by atoms with van der Waals surface area (Å²) in [6, 6.07) is 14.8. The number of rotatable bonds is 3. The third-order valence-electron chi connectivity index (χ3n) is 3.34. The van der Waals surface area contributed by atoms with Crippen LogP contribution >= 0.6 is 0 Å². The Morgan fingerprint density at radius 1 is 0.895 bits per heavy atom. The van der Waals surface area contributed by atoms with E-state index < -0.39 is 0 Å². The highest BCUT2D eigenvalue weighted by Gasteiger charge is 2.60. The van der Waals surface area contributed by atoms with Gasteiger partial charge < -0.3 is 19.3 Å². The van der Waals surface area contributed by atoms with Crippen LogP contribution in [0, 0.1) is 0 Å². The molecule has 3 atom stereocenters. The average molecular weight is 256 g/mol. The van der Waals surface area contributed by atoms with Crippen molar-refractivity contribution in [3.63, 3.8) is 0 Å². The first-order valence-corrected chi connectivity index (χ1v) is 6.18. The smallest absolute Gasteiger partial charge is 0.233 e. The van der Waals surface area contributed by atoms with Gasteiger partial charge in [0, 0.05) is 11.1 Å². The monoisotopic (exact) mass is 256 g/mol. The van der Waals surface area contributed by atoms with Crippen LogP contribution in [0.25, 0.3) is 11.1 Å². The van der Waals surface area contributed by atoms with Gasteiger partial charge in [0.25, 0.3) is 0 Å². The number of hydrogen-bond donors (Lipinski definition) is 1. The minimum Gasteiger partial charge on any atom is -0.507 e. The zero-order chi connectivity index (χ0) is 12.8. The Morgan fingerprint density at radius 3 is 2.32 bits per heavy atom. The van der Waals surface area contributed by atoms with Crippen LogP contribution in [0.2, 0.25) is 0 Å². The molecule has 4 nitrogen and oxygen atoms in total. The lowest BCUT2D eigenvalue weighted by Gasteiger charge is -2.23. The van der Waals surface area contributed by atoms with Gasteiger partial charge in [-0.15, -0.1) is 0 Å². The molecular formula is C15H12O4. The van der Waals surface area contributed by atoms with Gasteiger partial charge >= 0.3 is 0 Å². The Labute approximate surface area is 110 Å². The van der Waals surface area contributed by atoms with E-state index in [-0.39, 0.29) is 24.4 Å². The van der Waals surface area contributed by atoms with Crippen LogP contribution in [0.15, 0.2) is 48.5 Å². The van der Waals surface area contributed by atoms with Gasteiger partial charge in [0.15, 0.2) is 12.4 Å². The lowest BCUT2D eigenvalue weighted by molar-refractivity contribution is -0.151. The summed E-state index contributed by atoms with van der Waals surface area (Å²) in [5.41, 5.74) is 1.58. The Bertz CT molecular complexity index is 625. The van der Waals surface area contributed by atoms with Crippen LogP contribution in [-0.2, 0) is 9.47 Å². The number of phenols is 1. The van der Waals surface area contributed by atoms with Gasteiger partial charge in [-0.05, 0) is 12.1 Å². The molecule has 96 valence electrons. The van der Waals surface area contributed by atoms with Gasteiger partial charge in [-0.3, -0.25) is 0 Å². The van der Waals surface area contributed by atoms with E-state index in [9.17, 15) is 5.11 Å². The summed E-state index contributed by atoms with van der Waals surface area (Å²) in [4.78, 5) is 0. The molecule has 2 aliphatic heterocycles. The average Bonchev–Trinajstić information content (AvgIpc) is 3.08. The summed E-state index contributed by atoms with van der Waals surface area (Å²) in [5, 5.41) is 9.94. The highest BCUT2D eigenvalue weighted by atomic mass is 16.9. The molecule has 0 bridgehead atoms. The quantitative estimate of drug-likeness (QED) is 0.857. The molecule has 1 N–H and O–H groups in total. The topological polar surface area (TPSA) is 51.2 Å². The maximum atomic E-state index is 9.94. The minimum absolute atomic E-state index is 0.0671. The third kappa shape index (κ3) is 1.77. The highest BCUT2D eigenvalue weighted by molar-refractivity contribution is 5.75. The van der Waals surface area contributed by atoms with Gasteiger partial charge in [-0.2, -0.15) is 0 Å². The molecule has 4 rings (SSSR count). The van der Waals surface area contributed by atoms with Crippen molar-refractivity contribution in [2.45, 2.75) is 18.7 Å². The molecule has 4 heteroatoms. The molecule has 2 heterocycles. The van der Waals surface area contributed by atoms with Gasteiger partial charge in [0.05, 0.1) is 0 Å². The van der Waals surface area contributed by atoms with E-state index in [1.807, 2.05) is 36.4 Å². The number of aromatic hydroxyl groups is 1. The number of ether oxygens (including phenoxy) is 3. The van der Waals surface area contributed by atoms with E-state index in [2.05, 4.69) is 0 Å². The molecule has 2 saturated heterocycles. The molecule has 2 aromatic rings. The maximum Gasteiger partial charge on any atom is 0.233 e. The Balaban J connectivity index is 1.69. The summed E-state index contributed by atoms with van der Waals surface area (Å²) in [6.07, 6.45) is -0.336. The minimum atomic E-state index is -0.336. The molecule has 0 spiro atoms. The maximum absolute atomic E-state index is 9.94. The van der Waals surface area contributed by atoms with Crippen molar-refractivity contribution in [2.75, 3.05) is 0 Å². The van der Waals surface area contributed by atoms with Crippen LogP contribution in [-0.4, -0.2) is 23.8 Å². The van der Waals surface area contributed by atoms with Crippen LogP contribution in [0.1, 0.15) is 0 Å². The fraction of sp³-hybridized carbons (Fsp3) is 0.200. The zero-order valence-corrected chi connectivity index (χ0v) is 10.0. The molecule has 0 saturated carbocycles. The molecule has 0 aromatic heterocycles. The molecular weight excluding hydrogens is 244 g/mol. The van der Waals surface area contributed by atoms with E-state index in [0.717, 1.165) is 11.1 Å². The van der Waals surface area contributed by atoms with Crippen molar-refractivity contribution >= 4 is 0 Å². The first-order chi connectivity index (χ1) is 9.33. The molecule has 0 amide bonds. The number of phenolic OH excluding ortho intramolecular Hbond substituents is 1. The number of fused-ring (bicyclic) bond motifs is 1. The van der Waals surface area contributed by atoms with Gasteiger partial charge in [-0.1, -0.05) is 36.4 Å². The second-order valence-corrected chi connectivity index (χ2v) is 4.60. The normalized spacial score (nSPS) is 27.3. The number of para-hydroxylation sites is 2. The Morgan fingerprint density at radius 2 is 1.63 bits per heavy atom. The largest absolute Gasteiger partial charge is 0.507 e. The van der Waals surface area contributed by atoms with E-state index in [1.165, 1.54) is 0 Å². The molecule has 3 unspecified atom stereocenters. The number of epoxide rings is 1. The Hall–Kier alpha value is -2.04. The second-order valence-electron chi connectivity index (χ2n) is 4.60. The predicted octanol–water partition coefficient (Wildman–Crippen LogP) is 2.52. The van der Waals surface area contributed by atoms with Crippen molar-refractivity contribution in [3.05, 3.63) is 48.5 Å². The Kier molecular flexibility index (Phi) is 2.27. The summed E-state index contributed by atoms with van der Waals surface area (Å²) >= 11 is 0. The van der Waals surface area contributed by atoms with Crippen molar-refractivity contribution < 1.29 is 19.3 Å². The van der Waals surface area contributed by atoms with Crippen molar-refractivity contribution in [3.8, 4) is 22.6 Å². The summed E-state index contributed by atoms with van der Waals surface area (Å²) in [5.74, 6) is 0.913. The molecule has 19 heavy (non-hydrogen) atoms. The standard InChI is InChI=1S/C15H12O4/c16-11-7-3-1-5-9(11)10-6-2-4-8-12(10)17-14-13-15(18-13)19-14/h1-8,13-16H. The summed E-state index contributed by atoms with van der Waals surface area (Å²) in [7, 11) is 0. The van der Waals surface area contributed by atoms with E-state index >= 15 is 0 Å². The van der Waals surface area contributed by atoms with Crippen LogP contribution < -0.4 is 4.74 Å². The predicted molar refractivity (Wildman–Crippen MR) is 67.7 cm³/mol. The van der Waals surface area contributed by atoms with Gasteiger partial charge in [0.2, 0.25) is 6.29 Å². The van der Waals surface area contributed by atoms with E-state index in [0.29, 0.717) is 5.75 Å². The molecule has 2 fully saturated rings. The second kappa shape index (κ2) is 3.98. The van der Waals surface area contributed by atoms with Crippen molar-refractivity contribution in [1.29, 1.82) is 0 Å². The first kappa shape index (κ1) is 10.8. The fourth-order valence-electron chi connectivity index (χ4n) is 2.24. The van der Waals surface area contributed by atoms with Crippen LogP contribution in [0.4, 0.5) is 0 Å². The summed E-state index contributed by atoms with van der Waals surface area (Å²) in [6.45, 7) is 0. The lowest BCUT2D eigenvalue weighted by Crippen LogP contribution is -2.38. The zero-order valence-electron chi connectivity index (χ0n) is 10.0. The first-order valence-electron chi connectivity index (χ1n) is 6.18. The van der Waals surface area contributed by atoms with E-state index in [4.69, 9.17) is 14.2 Å². The molecule has 0 radical (unpaired) electrons. The van der Waals surface area contributed by atoms with Crippen LogP contribution in [0.3, 0.4) is 0 Å². The van der Waals surface area contributed by atoms with Crippen LogP contribution in [0.5, 0.6) is 11.5 Å². The van der Waals surface area contributed by atoms with Crippen molar-refractivity contribution in [1.82, 2.24) is 0 Å². The SMILES string of the molecule is Oc1ccccc1-c1ccccc1OC1OC2OC12. The molecule has 2 aromatic carbocycles. The van der Waals surface area contributed by atoms with Crippen molar-refractivity contribution in [2.24, 2.45) is 0 Å². The highest BCUT2D eigenvalue weighted by Crippen LogP contribution is 2.43. The number of benzene rings is 2.